The van der Waals surface area contributed by atoms with Crippen molar-refractivity contribution in [3.8, 4) is 0 Å². The highest BCUT2D eigenvalue weighted by Crippen LogP contribution is 2.43. The van der Waals surface area contributed by atoms with Gasteiger partial charge in [-0.05, 0) is 49.2 Å². The molecule has 2 aliphatic heterocycles. The van der Waals surface area contributed by atoms with Gasteiger partial charge >= 0.3 is 6.03 Å². The Bertz CT molecular complexity index is 1050. The van der Waals surface area contributed by atoms with Crippen LogP contribution in [0, 0.1) is 0 Å². The van der Waals surface area contributed by atoms with E-state index in [1.165, 1.54) is 11.8 Å². The monoisotopic (exact) mass is 406 g/mol. The van der Waals surface area contributed by atoms with Crippen LogP contribution in [0.4, 0.5) is 16.2 Å². The third-order valence-corrected chi connectivity index (χ3v) is 6.11. The lowest BCUT2D eigenvalue weighted by Gasteiger charge is -2.27. The number of hydrogen-bond acceptors (Lipinski definition) is 4. The van der Waals surface area contributed by atoms with Crippen molar-refractivity contribution in [2.75, 3.05) is 16.3 Å². The van der Waals surface area contributed by atoms with Gasteiger partial charge in [0.15, 0.2) is 0 Å². The number of benzene rings is 1. The molecule has 7 heteroatoms. The standard InChI is InChI=1S/C23H26N4O3/c1-15(28)25-14-22(2,3)18-7-6-17(12-19(18)25)27-20(29)23(4,5)26(21(27)30)13-16-8-10-24-11-9-16/h6-12H,13-14H2,1-5H3. The van der Waals surface area contributed by atoms with Crippen molar-refractivity contribution in [3.05, 3.63) is 53.9 Å². The number of imide groups is 1. The summed E-state index contributed by atoms with van der Waals surface area (Å²) in [6.07, 6.45) is 3.34. The summed E-state index contributed by atoms with van der Waals surface area (Å²) in [5, 5.41) is 0. The van der Waals surface area contributed by atoms with Crippen LogP contribution in [0.25, 0.3) is 0 Å². The minimum Gasteiger partial charge on any atom is -0.311 e. The molecule has 1 aromatic carbocycles. The van der Waals surface area contributed by atoms with Crippen LogP contribution in [0.3, 0.4) is 0 Å². The topological polar surface area (TPSA) is 73.8 Å². The fourth-order valence-corrected chi connectivity index (χ4v) is 4.30. The van der Waals surface area contributed by atoms with E-state index >= 15 is 0 Å². The molecule has 7 nitrogen and oxygen atoms in total. The first-order chi connectivity index (χ1) is 14.0. The van der Waals surface area contributed by atoms with Crippen molar-refractivity contribution in [1.82, 2.24) is 9.88 Å². The first-order valence-corrected chi connectivity index (χ1v) is 10.0. The van der Waals surface area contributed by atoms with Crippen molar-refractivity contribution in [2.45, 2.75) is 52.1 Å². The van der Waals surface area contributed by atoms with E-state index in [0.717, 1.165) is 16.8 Å². The molecule has 0 atom stereocenters. The van der Waals surface area contributed by atoms with E-state index in [4.69, 9.17) is 0 Å². The van der Waals surface area contributed by atoms with Crippen LogP contribution in [0.1, 0.15) is 45.7 Å². The molecule has 2 aromatic rings. The zero-order valence-corrected chi connectivity index (χ0v) is 18.0. The van der Waals surface area contributed by atoms with Gasteiger partial charge in [-0.1, -0.05) is 19.9 Å². The second kappa shape index (κ2) is 6.65. The number of pyridine rings is 1. The molecule has 30 heavy (non-hydrogen) atoms. The Kier molecular flexibility index (Phi) is 4.45. The summed E-state index contributed by atoms with van der Waals surface area (Å²) in [5.74, 6) is -0.342. The molecule has 0 bridgehead atoms. The van der Waals surface area contributed by atoms with Crippen molar-refractivity contribution in [3.63, 3.8) is 0 Å². The van der Waals surface area contributed by atoms with E-state index in [1.54, 1.807) is 48.2 Å². The van der Waals surface area contributed by atoms with Crippen molar-refractivity contribution >= 4 is 29.2 Å². The van der Waals surface area contributed by atoms with Gasteiger partial charge in [-0.2, -0.15) is 0 Å². The zero-order valence-electron chi connectivity index (χ0n) is 18.0. The third-order valence-electron chi connectivity index (χ3n) is 6.11. The fraction of sp³-hybridized carbons (Fsp3) is 0.391. The average molecular weight is 406 g/mol. The second-order valence-electron chi connectivity index (χ2n) is 9.11. The van der Waals surface area contributed by atoms with Crippen LogP contribution in [0.5, 0.6) is 0 Å². The van der Waals surface area contributed by atoms with E-state index in [-0.39, 0.29) is 23.3 Å². The van der Waals surface area contributed by atoms with Gasteiger partial charge in [0.1, 0.15) is 5.54 Å². The number of carbonyl (C=O) groups is 3. The number of hydrogen-bond donors (Lipinski definition) is 0. The highest BCUT2D eigenvalue weighted by Gasteiger charge is 2.52. The van der Waals surface area contributed by atoms with E-state index in [1.807, 2.05) is 18.2 Å². The molecule has 0 N–H and O–H groups in total. The number of rotatable bonds is 3. The molecule has 1 aromatic heterocycles. The maximum atomic E-state index is 13.3. The number of anilines is 2. The van der Waals surface area contributed by atoms with Gasteiger partial charge in [0, 0.05) is 43.5 Å². The summed E-state index contributed by atoms with van der Waals surface area (Å²) >= 11 is 0. The highest BCUT2D eigenvalue weighted by molar-refractivity contribution is 6.23. The van der Waals surface area contributed by atoms with E-state index in [0.29, 0.717) is 18.8 Å². The predicted molar refractivity (Wildman–Crippen MR) is 114 cm³/mol. The molecule has 1 saturated heterocycles. The van der Waals surface area contributed by atoms with E-state index < -0.39 is 5.54 Å². The lowest BCUT2D eigenvalue weighted by atomic mass is 9.87. The van der Waals surface area contributed by atoms with Crippen molar-refractivity contribution < 1.29 is 14.4 Å². The Morgan fingerprint density at radius 3 is 2.37 bits per heavy atom. The van der Waals surface area contributed by atoms with Crippen molar-refractivity contribution in [1.29, 1.82) is 0 Å². The molecule has 156 valence electrons. The zero-order chi connectivity index (χ0) is 21.8. The Morgan fingerprint density at radius 2 is 1.73 bits per heavy atom. The van der Waals surface area contributed by atoms with Gasteiger partial charge in [0.05, 0.1) is 5.69 Å². The quantitative estimate of drug-likeness (QED) is 0.732. The Morgan fingerprint density at radius 1 is 1.07 bits per heavy atom. The normalized spacial score (nSPS) is 19.4. The number of amides is 4. The first-order valence-electron chi connectivity index (χ1n) is 10.0. The van der Waals surface area contributed by atoms with Crippen LogP contribution in [0.2, 0.25) is 0 Å². The predicted octanol–water partition coefficient (Wildman–Crippen LogP) is 3.47. The minimum atomic E-state index is -0.987. The summed E-state index contributed by atoms with van der Waals surface area (Å²) < 4.78 is 0. The van der Waals surface area contributed by atoms with Crippen molar-refractivity contribution in [2.24, 2.45) is 0 Å². The van der Waals surface area contributed by atoms with Gasteiger partial charge in [0.2, 0.25) is 5.91 Å². The summed E-state index contributed by atoms with van der Waals surface area (Å²) in [4.78, 5) is 47.3. The number of nitrogens with zero attached hydrogens (tertiary/aromatic N) is 4. The highest BCUT2D eigenvalue weighted by atomic mass is 16.2. The maximum absolute atomic E-state index is 13.3. The number of aromatic nitrogens is 1. The molecule has 4 amide bonds. The number of urea groups is 1. The molecular formula is C23H26N4O3. The molecule has 0 spiro atoms. The smallest absolute Gasteiger partial charge is 0.311 e. The lowest BCUT2D eigenvalue weighted by molar-refractivity contribution is -0.123. The SMILES string of the molecule is CC(=O)N1CC(C)(C)c2ccc(N3C(=O)N(Cc4ccncc4)C(C)(C)C3=O)cc21. The van der Waals surface area contributed by atoms with Crippen LogP contribution < -0.4 is 9.80 Å². The Balaban J connectivity index is 1.73. The van der Waals surface area contributed by atoms with Gasteiger partial charge in [-0.15, -0.1) is 0 Å². The fourth-order valence-electron chi connectivity index (χ4n) is 4.30. The van der Waals surface area contributed by atoms with Gasteiger partial charge < -0.3 is 9.80 Å². The first kappa shape index (κ1) is 20.1. The number of fused-ring (bicyclic) bond motifs is 1. The van der Waals surface area contributed by atoms with E-state index in [2.05, 4.69) is 18.8 Å². The summed E-state index contributed by atoms with van der Waals surface area (Å²) in [6, 6.07) is 8.80. The van der Waals surface area contributed by atoms with Gasteiger partial charge in [-0.3, -0.25) is 14.6 Å². The molecule has 0 saturated carbocycles. The lowest BCUT2D eigenvalue weighted by Crippen LogP contribution is -2.43. The van der Waals surface area contributed by atoms with Crippen LogP contribution in [0.15, 0.2) is 42.7 Å². The Hall–Kier alpha value is -3.22. The van der Waals surface area contributed by atoms with Crippen LogP contribution in [-0.4, -0.2) is 39.8 Å². The molecule has 0 unspecified atom stereocenters. The molecule has 0 aliphatic carbocycles. The maximum Gasteiger partial charge on any atom is 0.332 e. The van der Waals surface area contributed by atoms with Gasteiger partial charge in [-0.25, -0.2) is 9.69 Å². The molecule has 3 heterocycles. The largest absolute Gasteiger partial charge is 0.332 e. The third kappa shape index (κ3) is 2.96. The minimum absolute atomic E-state index is 0.0577. The second-order valence-corrected chi connectivity index (χ2v) is 9.11. The molecule has 0 radical (unpaired) electrons. The van der Waals surface area contributed by atoms with E-state index in [9.17, 15) is 14.4 Å². The summed E-state index contributed by atoms with van der Waals surface area (Å²) in [5.41, 5.74) is 2.01. The number of carbonyl (C=O) groups excluding carboxylic acids is 3. The van der Waals surface area contributed by atoms with Gasteiger partial charge in [0.25, 0.3) is 5.91 Å². The summed E-state index contributed by atoms with van der Waals surface area (Å²) in [7, 11) is 0. The van der Waals surface area contributed by atoms with Crippen LogP contribution >= 0.6 is 0 Å². The molecule has 4 rings (SSSR count). The Labute approximate surface area is 176 Å². The molecular weight excluding hydrogens is 380 g/mol. The summed E-state index contributed by atoms with van der Waals surface area (Å²) in [6.45, 7) is 10.1. The molecule has 1 fully saturated rings. The molecule has 2 aliphatic rings. The van der Waals surface area contributed by atoms with Crippen LogP contribution in [-0.2, 0) is 21.5 Å². The average Bonchev–Trinajstić information content (AvgIpc) is 3.05.